The van der Waals surface area contributed by atoms with Gasteiger partial charge in [0.2, 0.25) is 0 Å². The third-order valence-corrected chi connectivity index (χ3v) is 7.91. The lowest BCUT2D eigenvalue weighted by molar-refractivity contribution is 0.0689. The van der Waals surface area contributed by atoms with E-state index in [2.05, 4.69) is 0 Å². The molecular weight excluding hydrogens is 447 g/mol. The molecule has 0 spiro atoms. The monoisotopic (exact) mass is 466 g/mol. The minimum absolute atomic E-state index is 0.0940. The largest absolute Gasteiger partial charge is 0.332 e. The van der Waals surface area contributed by atoms with E-state index in [-0.39, 0.29) is 40.6 Å². The summed E-state index contributed by atoms with van der Waals surface area (Å²) in [7, 11) is -3.92. The molecule has 1 aliphatic heterocycles. The van der Waals surface area contributed by atoms with Crippen molar-refractivity contribution in [2.45, 2.75) is 50.2 Å². The Morgan fingerprint density at radius 3 is 2.43 bits per heavy atom. The van der Waals surface area contributed by atoms with Crippen LogP contribution in [0.15, 0.2) is 41.3 Å². The molecule has 2 aliphatic rings. The van der Waals surface area contributed by atoms with Crippen molar-refractivity contribution in [3.05, 3.63) is 63.1 Å². The van der Waals surface area contributed by atoms with Gasteiger partial charge in [-0.25, -0.2) is 12.7 Å². The Morgan fingerprint density at radius 1 is 1.13 bits per heavy atom. The first-order valence-electron chi connectivity index (χ1n) is 9.59. The molecule has 0 unspecified atom stereocenters. The van der Waals surface area contributed by atoms with Crippen LogP contribution in [0.4, 0.5) is 0 Å². The van der Waals surface area contributed by atoms with Crippen molar-refractivity contribution in [3.8, 4) is 0 Å². The molecule has 1 heterocycles. The second-order valence-corrected chi connectivity index (χ2v) is 10.4. The number of carbonyl (C=O) groups is 2. The third kappa shape index (κ3) is 3.59. The topological polar surface area (TPSA) is 74.8 Å². The summed E-state index contributed by atoms with van der Waals surface area (Å²) >= 11 is 12.1. The van der Waals surface area contributed by atoms with Crippen LogP contribution in [-0.2, 0) is 16.6 Å². The van der Waals surface area contributed by atoms with Crippen LogP contribution >= 0.6 is 23.2 Å². The summed E-state index contributed by atoms with van der Waals surface area (Å²) in [5, 5.41) is 0.823. The van der Waals surface area contributed by atoms with Crippen LogP contribution in [0.5, 0.6) is 0 Å². The Balaban J connectivity index is 1.66. The lowest BCUT2D eigenvalue weighted by Gasteiger charge is -2.27. The number of hydrogen-bond donors (Lipinski definition) is 0. The number of hydrogen-bond acceptors (Lipinski definition) is 4. The van der Waals surface area contributed by atoms with Gasteiger partial charge in [-0.05, 0) is 62.6 Å². The summed E-state index contributed by atoms with van der Waals surface area (Å²) in [6, 6.07) is 9.00. The normalized spacial score (nSPS) is 17.4. The summed E-state index contributed by atoms with van der Waals surface area (Å²) in [5.74, 6) is -0.839. The fourth-order valence-corrected chi connectivity index (χ4v) is 5.70. The van der Waals surface area contributed by atoms with E-state index in [1.165, 1.54) is 18.2 Å². The van der Waals surface area contributed by atoms with E-state index in [4.69, 9.17) is 23.2 Å². The van der Waals surface area contributed by atoms with Crippen LogP contribution in [0.25, 0.3) is 0 Å². The fourth-order valence-electron chi connectivity index (χ4n) is 3.54. The standard InChI is InChI=1S/C21H20Cl2N2O4S/c1-12(2)24(11-13-3-8-17(22)18(23)9-13)20(26)14-4-7-16-19(10-14)30(28,29)25(21(16)27)15-5-6-15/h3-4,7-10,12,15H,5-6,11H2,1-2H3. The Bertz CT molecular complexity index is 1160. The van der Waals surface area contributed by atoms with E-state index >= 15 is 0 Å². The highest BCUT2D eigenvalue weighted by Gasteiger charge is 2.48. The van der Waals surface area contributed by atoms with E-state index in [0.717, 1.165) is 9.87 Å². The molecule has 2 aromatic rings. The van der Waals surface area contributed by atoms with Gasteiger partial charge < -0.3 is 4.90 Å². The maximum Gasteiger partial charge on any atom is 0.269 e. The Kier molecular flexibility index (Phi) is 5.33. The third-order valence-electron chi connectivity index (χ3n) is 5.30. The summed E-state index contributed by atoms with van der Waals surface area (Å²) in [6.45, 7) is 4.03. The molecule has 0 saturated heterocycles. The maximum absolute atomic E-state index is 13.2. The molecule has 0 radical (unpaired) electrons. The number of nitrogens with zero attached hydrogens (tertiary/aromatic N) is 2. The van der Waals surface area contributed by atoms with Crippen LogP contribution < -0.4 is 0 Å². The van der Waals surface area contributed by atoms with Crippen molar-refractivity contribution in [2.24, 2.45) is 0 Å². The van der Waals surface area contributed by atoms with Crippen molar-refractivity contribution in [2.75, 3.05) is 0 Å². The SMILES string of the molecule is CC(C)N(Cc1ccc(Cl)c(Cl)c1)C(=O)c1ccc2c(c1)S(=O)(=O)N(C1CC1)C2=O. The molecule has 2 aromatic carbocycles. The molecule has 1 aliphatic carbocycles. The van der Waals surface area contributed by atoms with Crippen LogP contribution in [0.2, 0.25) is 10.0 Å². The molecule has 0 bridgehead atoms. The molecule has 0 N–H and O–H groups in total. The van der Waals surface area contributed by atoms with Gasteiger partial charge in [-0.3, -0.25) is 9.59 Å². The van der Waals surface area contributed by atoms with Gasteiger partial charge >= 0.3 is 0 Å². The zero-order chi connectivity index (χ0) is 21.8. The second kappa shape index (κ2) is 7.55. The van der Waals surface area contributed by atoms with E-state index < -0.39 is 15.9 Å². The van der Waals surface area contributed by atoms with Crippen LogP contribution in [0.1, 0.15) is 53.0 Å². The Labute approximate surface area is 185 Å². The van der Waals surface area contributed by atoms with Gasteiger partial charge in [-0.1, -0.05) is 29.3 Å². The highest BCUT2D eigenvalue weighted by molar-refractivity contribution is 7.90. The molecule has 0 atom stereocenters. The molecule has 30 heavy (non-hydrogen) atoms. The smallest absolute Gasteiger partial charge is 0.269 e. The summed E-state index contributed by atoms with van der Waals surface area (Å²) < 4.78 is 26.7. The lowest BCUT2D eigenvalue weighted by Crippen LogP contribution is -2.36. The molecule has 1 fully saturated rings. The lowest BCUT2D eigenvalue weighted by atomic mass is 10.1. The van der Waals surface area contributed by atoms with E-state index in [0.29, 0.717) is 22.9 Å². The highest BCUT2D eigenvalue weighted by Crippen LogP contribution is 2.39. The number of halogens is 2. The summed E-state index contributed by atoms with van der Waals surface area (Å²) in [6.07, 6.45) is 1.35. The molecule has 9 heteroatoms. The van der Waals surface area contributed by atoms with Crippen molar-refractivity contribution >= 4 is 45.0 Å². The van der Waals surface area contributed by atoms with E-state index in [1.807, 2.05) is 13.8 Å². The average molecular weight is 467 g/mol. The van der Waals surface area contributed by atoms with Crippen molar-refractivity contribution in [3.63, 3.8) is 0 Å². The maximum atomic E-state index is 13.2. The molecule has 0 aromatic heterocycles. The summed E-state index contributed by atoms with van der Waals surface area (Å²) in [5.41, 5.74) is 1.14. The van der Waals surface area contributed by atoms with Gasteiger partial charge in [0.05, 0.1) is 15.6 Å². The Morgan fingerprint density at radius 2 is 1.83 bits per heavy atom. The van der Waals surface area contributed by atoms with Gasteiger partial charge in [0.25, 0.3) is 21.8 Å². The summed E-state index contributed by atoms with van der Waals surface area (Å²) in [4.78, 5) is 27.3. The molecule has 2 amide bonds. The molecule has 6 nitrogen and oxygen atoms in total. The molecule has 158 valence electrons. The first-order valence-corrected chi connectivity index (χ1v) is 11.8. The number of sulfonamides is 1. The minimum atomic E-state index is -3.92. The molecule has 4 rings (SSSR count). The fraction of sp³-hybridized carbons (Fsp3) is 0.333. The molecule has 1 saturated carbocycles. The average Bonchev–Trinajstić information content (AvgIpc) is 3.49. The Hall–Kier alpha value is -2.09. The number of fused-ring (bicyclic) bond motifs is 1. The first-order chi connectivity index (χ1) is 14.1. The predicted octanol–water partition coefficient (Wildman–Crippen LogP) is 4.35. The van der Waals surface area contributed by atoms with E-state index in [1.54, 1.807) is 23.1 Å². The number of rotatable bonds is 5. The molecular formula is C21H20Cl2N2O4S. The second-order valence-electron chi connectivity index (χ2n) is 7.82. The van der Waals surface area contributed by atoms with Gasteiger partial charge in [0, 0.05) is 24.2 Å². The van der Waals surface area contributed by atoms with Crippen LogP contribution in [0.3, 0.4) is 0 Å². The van der Waals surface area contributed by atoms with Crippen LogP contribution in [0, 0.1) is 0 Å². The zero-order valence-electron chi connectivity index (χ0n) is 16.4. The van der Waals surface area contributed by atoms with Crippen LogP contribution in [-0.4, -0.2) is 41.5 Å². The van der Waals surface area contributed by atoms with Crippen molar-refractivity contribution in [1.82, 2.24) is 9.21 Å². The van der Waals surface area contributed by atoms with Gasteiger partial charge in [0.15, 0.2) is 0 Å². The van der Waals surface area contributed by atoms with E-state index in [9.17, 15) is 18.0 Å². The number of benzene rings is 2. The zero-order valence-corrected chi connectivity index (χ0v) is 18.8. The number of carbonyl (C=O) groups excluding carboxylic acids is 2. The minimum Gasteiger partial charge on any atom is -0.332 e. The number of amides is 2. The van der Waals surface area contributed by atoms with Crippen molar-refractivity contribution < 1.29 is 18.0 Å². The quantitative estimate of drug-likeness (QED) is 0.656. The highest BCUT2D eigenvalue weighted by atomic mass is 35.5. The van der Waals surface area contributed by atoms with Gasteiger partial charge in [-0.15, -0.1) is 0 Å². The van der Waals surface area contributed by atoms with Gasteiger partial charge in [-0.2, -0.15) is 0 Å². The van der Waals surface area contributed by atoms with Crippen molar-refractivity contribution in [1.29, 1.82) is 0 Å². The van der Waals surface area contributed by atoms with Gasteiger partial charge in [0.1, 0.15) is 4.90 Å². The predicted molar refractivity (Wildman–Crippen MR) is 114 cm³/mol. The first kappa shape index (κ1) is 21.2.